The molecule has 226 valence electrons. The molecule has 48 heavy (non-hydrogen) atoms. The number of furan rings is 2. The lowest BCUT2D eigenvalue weighted by Crippen LogP contribution is -2.33. The average molecular weight is 619 g/mol. The highest BCUT2D eigenvalue weighted by Crippen LogP contribution is 2.38. The Hall–Kier alpha value is -6.53. The van der Waals surface area contributed by atoms with Crippen LogP contribution in [0.25, 0.3) is 65.8 Å². The van der Waals surface area contributed by atoms with Crippen LogP contribution in [0.2, 0.25) is 0 Å². The number of para-hydroxylation sites is 2. The summed E-state index contributed by atoms with van der Waals surface area (Å²) in [4.78, 5) is 14.9. The van der Waals surface area contributed by atoms with Crippen LogP contribution in [0.15, 0.2) is 165 Å². The van der Waals surface area contributed by atoms with Crippen LogP contribution in [0, 0.1) is 0 Å². The van der Waals surface area contributed by atoms with Gasteiger partial charge in [0.05, 0.1) is 6.20 Å². The monoisotopic (exact) mass is 618 g/mol. The third kappa shape index (κ3) is 4.16. The molecule has 4 heterocycles. The molecule has 0 fully saturated rings. The Labute approximate surface area is 274 Å². The number of fused-ring (bicyclic) bond motifs is 7. The molecule has 6 nitrogen and oxygen atoms in total. The van der Waals surface area contributed by atoms with Gasteiger partial charge >= 0.3 is 0 Å². The standard InChI is InChI=1S/C42H26N4O2/c1-2-10-25(11-3-1)40-44-41(46-42(45-40)32-16-9-19-36-38(32)30-13-4-6-17-34(30)47-36)29-15-8-12-26-22-27(20-21-28(26)29)33-23-43-24-37-39(33)31-14-5-7-18-35(31)48-37/h1-24,40H,(H,44,45,46). The number of benzene rings is 6. The maximum Gasteiger partial charge on any atom is 0.160 e. The minimum absolute atomic E-state index is 0.324. The molecule has 1 aliphatic rings. The fourth-order valence-electron chi connectivity index (χ4n) is 7.03. The zero-order valence-corrected chi connectivity index (χ0v) is 25.6. The minimum atomic E-state index is -0.324. The van der Waals surface area contributed by atoms with E-state index < -0.39 is 0 Å². The summed E-state index contributed by atoms with van der Waals surface area (Å²) in [6.45, 7) is 0. The first-order valence-electron chi connectivity index (χ1n) is 16.0. The average Bonchev–Trinajstić information content (AvgIpc) is 3.73. The van der Waals surface area contributed by atoms with Gasteiger partial charge in [-0.1, -0.05) is 109 Å². The molecule has 9 aromatic rings. The van der Waals surface area contributed by atoms with E-state index in [2.05, 4.69) is 77.0 Å². The molecular formula is C42H26N4O2. The predicted octanol–water partition coefficient (Wildman–Crippen LogP) is 10.2. The normalized spacial score (nSPS) is 14.9. The second-order valence-electron chi connectivity index (χ2n) is 12.0. The van der Waals surface area contributed by atoms with Crippen molar-refractivity contribution in [2.75, 3.05) is 0 Å². The summed E-state index contributed by atoms with van der Waals surface area (Å²) >= 11 is 0. The number of nitrogens with zero attached hydrogens (tertiary/aromatic N) is 3. The van der Waals surface area contributed by atoms with Gasteiger partial charge in [-0.2, -0.15) is 0 Å². The Kier molecular flexibility index (Phi) is 5.84. The Balaban J connectivity index is 1.14. The van der Waals surface area contributed by atoms with E-state index in [1.807, 2.05) is 72.9 Å². The lowest BCUT2D eigenvalue weighted by atomic mass is 9.96. The number of nitrogens with one attached hydrogen (secondary N) is 1. The summed E-state index contributed by atoms with van der Waals surface area (Å²) in [5, 5.41) is 10.1. The minimum Gasteiger partial charge on any atom is -0.456 e. The second-order valence-corrected chi connectivity index (χ2v) is 12.0. The molecule has 0 saturated carbocycles. The summed E-state index contributed by atoms with van der Waals surface area (Å²) in [6, 6.07) is 45.6. The molecule has 0 bridgehead atoms. The summed E-state index contributed by atoms with van der Waals surface area (Å²) < 4.78 is 12.4. The smallest absolute Gasteiger partial charge is 0.160 e. The van der Waals surface area contributed by atoms with Crippen LogP contribution in [-0.4, -0.2) is 16.7 Å². The zero-order valence-electron chi connectivity index (χ0n) is 25.6. The molecule has 10 rings (SSSR count). The van der Waals surface area contributed by atoms with Crippen LogP contribution in [0.5, 0.6) is 0 Å². The van der Waals surface area contributed by atoms with Crippen LogP contribution >= 0.6 is 0 Å². The van der Waals surface area contributed by atoms with Crippen molar-refractivity contribution in [3.8, 4) is 11.1 Å². The van der Waals surface area contributed by atoms with Crippen LogP contribution in [0.4, 0.5) is 0 Å². The van der Waals surface area contributed by atoms with Crippen LogP contribution in [0.3, 0.4) is 0 Å². The molecule has 1 unspecified atom stereocenters. The maximum atomic E-state index is 6.23. The second kappa shape index (κ2) is 10.5. The summed E-state index contributed by atoms with van der Waals surface area (Å²) in [7, 11) is 0. The van der Waals surface area contributed by atoms with E-state index in [1.165, 1.54) is 0 Å². The molecule has 1 N–H and O–H groups in total. The molecule has 0 spiro atoms. The third-order valence-electron chi connectivity index (χ3n) is 9.24. The number of aromatic nitrogens is 1. The number of amidine groups is 2. The largest absolute Gasteiger partial charge is 0.456 e. The van der Waals surface area contributed by atoms with Crippen LogP contribution in [0.1, 0.15) is 22.9 Å². The van der Waals surface area contributed by atoms with Gasteiger partial charge in [0.15, 0.2) is 11.4 Å². The SMILES string of the molecule is c1ccc(C2N=C(c3cccc4oc5ccccc5c34)N=C(c3cccc4cc(-c5cncc6oc7ccccc7c56)ccc34)N2)cc1. The van der Waals surface area contributed by atoms with Crippen LogP contribution < -0.4 is 5.32 Å². The Bertz CT molecular complexity index is 2770. The molecule has 1 atom stereocenters. The number of hydrogen-bond donors (Lipinski definition) is 1. The predicted molar refractivity (Wildman–Crippen MR) is 194 cm³/mol. The van der Waals surface area contributed by atoms with Crippen molar-refractivity contribution in [2.24, 2.45) is 9.98 Å². The molecule has 6 aromatic carbocycles. The third-order valence-corrected chi connectivity index (χ3v) is 9.24. The van der Waals surface area contributed by atoms with Crippen molar-refractivity contribution in [1.82, 2.24) is 10.3 Å². The van der Waals surface area contributed by atoms with E-state index in [-0.39, 0.29) is 6.17 Å². The molecular weight excluding hydrogens is 592 g/mol. The molecule has 0 aliphatic carbocycles. The molecule has 6 heteroatoms. The van der Waals surface area contributed by atoms with Gasteiger partial charge in [-0.25, -0.2) is 9.98 Å². The molecule has 0 amide bonds. The van der Waals surface area contributed by atoms with Crippen molar-refractivity contribution in [3.05, 3.63) is 163 Å². The molecule has 1 aliphatic heterocycles. The highest BCUT2D eigenvalue weighted by molar-refractivity contribution is 6.23. The Morgan fingerprint density at radius 2 is 1.21 bits per heavy atom. The summed E-state index contributed by atoms with van der Waals surface area (Å²) in [5.74, 6) is 1.43. The maximum absolute atomic E-state index is 6.23. The first kappa shape index (κ1) is 26.7. The first-order chi connectivity index (χ1) is 23.8. The van der Waals surface area contributed by atoms with Gasteiger partial charge in [0.2, 0.25) is 0 Å². The highest BCUT2D eigenvalue weighted by Gasteiger charge is 2.24. The quantitative estimate of drug-likeness (QED) is 0.213. The van der Waals surface area contributed by atoms with E-state index in [1.54, 1.807) is 6.20 Å². The lowest BCUT2D eigenvalue weighted by Gasteiger charge is -2.24. The number of aliphatic imine (C=N–C) groups is 2. The number of pyridine rings is 1. The Morgan fingerprint density at radius 3 is 2.04 bits per heavy atom. The fraction of sp³-hybridized carbons (Fsp3) is 0.0238. The number of rotatable bonds is 4. The van der Waals surface area contributed by atoms with Crippen molar-refractivity contribution >= 4 is 66.3 Å². The van der Waals surface area contributed by atoms with E-state index >= 15 is 0 Å². The van der Waals surface area contributed by atoms with Crippen molar-refractivity contribution in [1.29, 1.82) is 0 Å². The highest BCUT2D eigenvalue weighted by atomic mass is 16.3. The first-order valence-corrected chi connectivity index (χ1v) is 16.0. The van der Waals surface area contributed by atoms with Crippen LogP contribution in [-0.2, 0) is 0 Å². The van der Waals surface area contributed by atoms with Crippen molar-refractivity contribution in [3.63, 3.8) is 0 Å². The summed E-state index contributed by atoms with van der Waals surface area (Å²) in [5.41, 5.74) is 8.41. The van der Waals surface area contributed by atoms with Gasteiger partial charge in [0.1, 0.15) is 28.8 Å². The van der Waals surface area contributed by atoms with Crippen molar-refractivity contribution < 1.29 is 8.83 Å². The fourth-order valence-corrected chi connectivity index (χ4v) is 7.03. The van der Waals surface area contributed by atoms with E-state index in [4.69, 9.17) is 18.8 Å². The zero-order chi connectivity index (χ0) is 31.6. The molecule has 0 radical (unpaired) electrons. The van der Waals surface area contributed by atoms with Crippen molar-refractivity contribution in [2.45, 2.75) is 6.17 Å². The van der Waals surface area contributed by atoms with E-state index in [9.17, 15) is 0 Å². The topological polar surface area (TPSA) is 75.9 Å². The van der Waals surface area contributed by atoms with Gasteiger partial charge in [0, 0.05) is 44.4 Å². The van der Waals surface area contributed by atoms with Gasteiger partial charge < -0.3 is 14.2 Å². The molecule has 3 aromatic heterocycles. The van der Waals surface area contributed by atoms with E-state index in [0.29, 0.717) is 5.84 Å². The lowest BCUT2D eigenvalue weighted by molar-refractivity contribution is 0.667. The van der Waals surface area contributed by atoms with E-state index in [0.717, 1.165) is 88.3 Å². The molecule has 0 saturated heterocycles. The Morgan fingerprint density at radius 1 is 0.521 bits per heavy atom. The van der Waals surface area contributed by atoms with Gasteiger partial charge in [-0.3, -0.25) is 4.98 Å². The number of hydrogen-bond acceptors (Lipinski definition) is 6. The van der Waals surface area contributed by atoms with Gasteiger partial charge in [0.25, 0.3) is 0 Å². The van der Waals surface area contributed by atoms with Gasteiger partial charge in [-0.15, -0.1) is 0 Å². The van der Waals surface area contributed by atoms with Gasteiger partial charge in [-0.05, 0) is 46.2 Å². The summed E-state index contributed by atoms with van der Waals surface area (Å²) in [6.07, 6.45) is 3.39.